The minimum absolute atomic E-state index is 0.0225. The summed E-state index contributed by atoms with van der Waals surface area (Å²) in [5, 5.41) is 3.91. The van der Waals surface area contributed by atoms with Crippen LogP contribution in [0.5, 0.6) is 0 Å². The van der Waals surface area contributed by atoms with Gasteiger partial charge in [-0.1, -0.05) is 23.4 Å². The second-order valence-electron chi connectivity index (χ2n) is 8.33. The summed E-state index contributed by atoms with van der Waals surface area (Å²) >= 11 is 0. The van der Waals surface area contributed by atoms with E-state index >= 15 is 0 Å². The summed E-state index contributed by atoms with van der Waals surface area (Å²) in [4.78, 5) is 10.8. The van der Waals surface area contributed by atoms with Gasteiger partial charge in [-0.2, -0.15) is 26.3 Å². The van der Waals surface area contributed by atoms with Gasteiger partial charge in [-0.05, 0) is 53.6 Å². The van der Waals surface area contributed by atoms with Crippen molar-refractivity contribution < 1.29 is 40.0 Å². The lowest BCUT2D eigenvalue weighted by Crippen LogP contribution is -2.31. The Hall–Kier alpha value is -4.35. The van der Waals surface area contributed by atoms with E-state index in [0.29, 0.717) is 23.3 Å². The molecule has 0 aliphatic carbocycles. The van der Waals surface area contributed by atoms with Gasteiger partial charge in [0.15, 0.2) is 5.76 Å². The Labute approximate surface area is 210 Å². The number of oxime groups is 1. The fourth-order valence-electron chi connectivity index (χ4n) is 4.11. The molecule has 0 spiro atoms. The number of hydrogen-bond donors (Lipinski definition) is 0. The van der Waals surface area contributed by atoms with Crippen molar-refractivity contribution in [2.75, 3.05) is 0 Å². The molecule has 0 fully saturated rings. The number of amidine groups is 1. The summed E-state index contributed by atoms with van der Waals surface area (Å²) in [6.07, 6.45) is -7.41. The van der Waals surface area contributed by atoms with E-state index in [4.69, 9.17) is 9.25 Å². The van der Waals surface area contributed by atoms with Gasteiger partial charge in [0.1, 0.15) is 5.82 Å². The third kappa shape index (κ3) is 4.93. The number of aromatic nitrogens is 1. The van der Waals surface area contributed by atoms with Crippen molar-refractivity contribution in [2.24, 2.45) is 5.16 Å². The lowest BCUT2D eigenvalue weighted by atomic mass is 9.99. The first-order valence-electron chi connectivity index (χ1n) is 11.0. The van der Waals surface area contributed by atoms with Crippen molar-refractivity contribution in [3.63, 3.8) is 0 Å². The molecule has 1 aliphatic rings. The highest BCUT2D eigenvalue weighted by Gasteiger charge is 2.41. The molecule has 3 heterocycles. The van der Waals surface area contributed by atoms with Crippen molar-refractivity contribution >= 4 is 5.84 Å². The zero-order valence-corrected chi connectivity index (χ0v) is 19.1. The molecule has 1 unspecified atom stereocenters. The zero-order valence-electron chi connectivity index (χ0n) is 19.1. The average molecular weight is 535 g/mol. The number of benzene rings is 2. The van der Waals surface area contributed by atoms with Crippen LogP contribution in [-0.2, 0) is 23.7 Å². The smallest absolute Gasteiger partial charge is 0.416 e. The molecule has 1 aliphatic heterocycles. The van der Waals surface area contributed by atoms with Crippen molar-refractivity contribution in [3.8, 4) is 11.1 Å². The van der Waals surface area contributed by atoms with E-state index in [1.54, 1.807) is 12.1 Å². The first kappa shape index (κ1) is 25.3. The quantitative estimate of drug-likeness (QED) is 0.250. The SMILES string of the molecule is Fc1ccccc1-c1ccncc1CN1C(c2ccco2)=NOC1c1cc(C(F)(F)F)cc(C(F)(F)F)c1. The van der Waals surface area contributed by atoms with E-state index < -0.39 is 41.1 Å². The van der Waals surface area contributed by atoms with Crippen LogP contribution in [0.2, 0.25) is 0 Å². The second-order valence-corrected chi connectivity index (χ2v) is 8.33. The van der Waals surface area contributed by atoms with Crippen LogP contribution in [0.25, 0.3) is 11.1 Å². The van der Waals surface area contributed by atoms with Gasteiger partial charge >= 0.3 is 12.4 Å². The lowest BCUT2D eigenvalue weighted by Gasteiger charge is -2.27. The molecule has 12 heteroatoms. The number of nitrogens with zero attached hydrogens (tertiary/aromatic N) is 3. The summed E-state index contributed by atoms with van der Waals surface area (Å²) in [5.41, 5.74) is -2.36. The van der Waals surface area contributed by atoms with Crippen LogP contribution in [0.4, 0.5) is 30.7 Å². The Morgan fingerprint density at radius 1 is 0.842 bits per heavy atom. The van der Waals surface area contributed by atoms with Crippen LogP contribution >= 0.6 is 0 Å². The molecule has 1 atom stereocenters. The summed E-state index contributed by atoms with van der Waals surface area (Å²) in [6.45, 7) is -0.167. The Bertz CT molecular complexity index is 1450. The molecule has 0 saturated carbocycles. The standard InChI is InChI=1S/C26H16F7N3O2/c27-21-5-2-1-4-20(21)19-7-8-34-13-16(19)14-36-23(22-6-3-9-37-22)35-38-24(36)15-10-17(25(28,29)30)12-18(11-15)26(31,32)33/h1-13,24H,14H2. The van der Waals surface area contributed by atoms with Crippen LogP contribution in [0, 0.1) is 5.82 Å². The first-order valence-corrected chi connectivity index (χ1v) is 11.0. The highest BCUT2D eigenvalue weighted by atomic mass is 19.4. The van der Waals surface area contributed by atoms with Gasteiger partial charge in [-0.3, -0.25) is 4.98 Å². The van der Waals surface area contributed by atoms with Crippen LogP contribution in [-0.4, -0.2) is 15.7 Å². The van der Waals surface area contributed by atoms with Crippen molar-refractivity contribution in [1.29, 1.82) is 0 Å². The molecule has 196 valence electrons. The van der Waals surface area contributed by atoms with Crippen LogP contribution in [0.15, 0.2) is 88.9 Å². The molecule has 0 bridgehead atoms. The van der Waals surface area contributed by atoms with Gasteiger partial charge in [0.05, 0.1) is 23.9 Å². The predicted octanol–water partition coefficient (Wildman–Crippen LogP) is 7.41. The largest absolute Gasteiger partial charge is 0.461 e. The molecule has 0 N–H and O–H groups in total. The van der Waals surface area contributed by atoms with E-state index in [0.717, 1.165) is 0 Å². The molecule has 2 aromatic carbocycles. The highest BCUT2D eigenvalue weighted by Crippen LogP contribution is 2.41. The molecular formula is C26H16F7N3O2. The van der Waals surface area contributed by atoms with Gasteiger partial charge in [0.2, 0.25) is 12.1 Å². The third-order valence-electron chi connectivity index (χ3n) is 5.84. The van der Waals surface area contributed by atoms with Gasteiger partial charge in [-0.15, -0.1) is 0 Å². The Kier molecular flexibility index (Phi) is 6.33. The second kappa shape index (κ2) is 9.51. The first-order chi connectivity index (χ1) is 18.0. The minimum atomic E-state index is -5.05. The molecule has 2 aromatic heterocycles. The van der Waals surface area contributed by atoms with E-state index in [1.165, 1.54) is 53.9 Å². The maximum absolute atomic E-state index is 14.6. The number of alkyl halides is 6. The van der Waals surface area contributed by atoms with Crippen LogP contribution in [0.1, 0.15) is 34.2 Å². The van der Waals surface area contributed by atoms with E-state index in [-0.39, 0.29) is 29.8 Å². The average Bonchev–Trinajstić information content (AvgIpc) is 3.54. The van der Waals surface area contributed by atoms with Gasteiger partial charge < -0.3 is 14.2 Å². The van der Waals surface area contributed by atoms with Gasteiger partial charge in [0.25, 0.3) is 0 Å². The third-order valence-corrected chi connectivity index (χ3v) is 5.84. The van der Waals surface area contributed by atoms with E-state index in [9.17, 15) is 30.7 Å². The van der Waals surface area contributed by atoms with Crippen LogP contribution < -0.4 is 0 Å². The van der Waals surface area contributed by atoms with Crippen LogP contribution in [0.3, 0.4) is 0 Å². The molecular weight excluding hydrogens is 519 g/mol. The number of furan rings is 1. The van der Waals surface area contributed by atoms with Crippen molar-refractivity contribution in [3.05, 3.63) is 113 Å². The van der Waals surface area contributed by atoms with E-state index in [1.807, 2.05) is 0 Å². The fourth-order valence-corrected chi connectivity index (χ4v) is 4.11. The summed E-state index contributed by atoms with van der Waals surface area (Å²) in [6, 6.07) is 11.7. The number of rotatable bonds is 5. The van der Waals surface area contributed by atoms with Crippen molar-refractivity contribution in [2.45, 2.75) is 25.1 Å². The summed E-state index contributed by atoms with van der Waals surface area (Å²) < 4.78 is 101. The molecule has 38 heavy (non-hydrogen) atoms. The topological polar surface area (TPSA) is 50.9 Å². The molecule has 5 rings (SSSR count). The molecule has 0 radical (unpaired) electrons. The molecule has 4 aromatic rings. The fraction of sp³-hybridized carbons (Fsp3) is 0.154. The normalized spacial score (nSPS) is 15.9. The van der Waals surface area contributed by atoms with Crippen molar-refractivity contribution in [1.82, 2.24) is 9.88 Å². The number of pyridine rings is 1. The summed E-state index contributed by atoms with van der Waals surface area (Å²) in [7, 11) is 0. The maximum Gasteiger partial charge on any atom is 0.416 e. The molecule has 5 nitrogen and oxygen atoms in total. The Morgan fingerprint density at radius 3 is 2.18 bits per heavy atom. The molecule has 0 amide bonds. The predicted molar refractivity (Wildman–Crippen MR) is 121 cm³/mol. The lowest BCUT2D eigenvalue weighted by molar-refractivity contribution is -0.143. The minimum Gasteiger partial charge on any atom is -0.461 e. The monoisotopic (exact) mass is 535 g/mol. The van der Waals surface area contributed by atoms with E-state index in [2.05, 4.69) is 10.1 Å². The Morgan fingerprint density at radius 2 is 1.55 bits per heavy atom. The van der Waals surface area contributed by atoms with Gasteiger partial charge in [-0.25, -0.2) is 4.39 Å². The zero-order chi connectivity index (χ0) is 27.1. The Balaban J connectivity index is 1.62. The summed E-state index contributed by atoms with van der Waals surface area (Å²) in [5.74, 6) is -0.344. The van der Waals surface area contributed by atoms with Gasteiger partial charge in [0, 0.05) is 23.5 Å². The highest BCUT2D eigenvalue weighted by molar-refractivity contribution is 5.97. The number of hydrogen-bond acceptors (Lipinski definition) is 5. The number of halogens is 7. The molecule has 0 saturated heterocycles. The maximum atomic E-state index is 14.6.